The molecule has 3 aliphatic rings. The number of unbranched alkanes of at least 4 members (excludes halogenated alkanes) is 9. The molecular formula is C40H68N4O15. The molecular weight excluding hydrogens is 776 g/mol. The number of aromatic nitrogens is 2. The number of nitrogens with one attached hydrogen (secondary N) is 3. The van der Waals surface area contributed by atoms with Crippen LogP contribution in [0.5, 0.6) is 0 Å². The van der Waals surface area contributed by atoms with Crippen LogP contribution in [0.1, 0.15) is 117 Å². The molecule has 10 N–H and O–H groups in total. The minimum Gasteiger partial charge on any atom is -0.394 e. The van der Waals surface area contributed by atoms with Crippen molar-refractivity contribution in [1.82, 2.24) is 20.2 Å². The highest BCUT2D eigenvalue weighted by Crippen LogP contribution is 2.37. The highest BCUT2D eigenvalue weighted by atomic mass is 16.8. The molecule has 4 heterocycles. The van der Waals surface area contributed by atoms with Gasteiger partial charge in [-0.25, -0.2) is 4.79 Å². The fourth-order valence-corrected chi connectivity index (χ4v) is 8.14. The smallest absolute Gasteiger partial charge is 0.330 e. The molecule has 0 bridgehead atoms. The Bertz CT molecular complexity index is 1560. The van der Waals surface area contributed by atoms with Crippen LogP contribution in [0.4, 0.5) is 0 Å². The summed E-state index contributed by atoms with van der Waals surface area (Å²) in [4.78, 5) is 51.5. The normalized spacial score (nSPS) is 34.2. The van der Waals surface area contributed by atoms with Gasteiger partial charge in [0.2, 0.25) is 11.8 Å². The quantitative estimate of drug-likeness (QED) is 0.0653. The maximum atomic E-state index is 13.3. The van der Waals surface area contributed by atoms with Crippen LogP contribution in [0.2, 0.25) is 0 Å². The Morgan fingerprint density at radius 2 is 1.29 bits per heavy atom. The second kappa shape index (κ2) is 23.4. The first-order chi connectivity index (χ1) is 28.0. The van der Waals surface area contributed by atoms with Crippen molar-refractivity contribution in [3.63, 3.8) is 0 Å². The molecule has 19 heteroatoms. The molecule has 0 spiro atoms. The van der Waals surface area contributed by atoms with Crippen molar-refractivity contribution >= 4 is 11.8 Å². The largest absolute Gasteiger partial charge is 0.394 e. The Morgan fingerprint density at radius 3 is 1.85 bits per heavy atom. The SMILES string of the molecule is CC(=O)N[C@H]1[C@H](O[C@@H]2O[C@H](C[C@@H](C)[C@H]3O[C@@H](n4ccc(=O)[nH]c4=O)[C@H](O)[C@@H]3O)[C@H](O)[C@H](O)[C@H]2NC(=O)CCCCCCCCCCCCC(C)C)O[C@@H](CO)[C@H](O)[C@@H]1O. The summed E-state index contributed by atoms with van der Waals surface area (Å²) in [7, 11) is 0. The summed E-state index contributed by atoms with van der Waals surface area (Å²) in [5.74, 6) is -1.07. The standard InChI is InChI=1S/C40H68N4O15/c1-21(2)15-13-11-9-7-5-6-8-10-12-14-16-26(47)42-29-33(52)30(49)24(56-39(29)59-38-28(41-23(4)46)32(51)31(50)25(20-45)57-38)19-22(3)36-34(53)35(54)37(58-36)44-18-17-27(48)43-40(44)55/h17-18,21-22,24-25,28-39,45,49-54H,5-16,19-20H2,1-4H3,(H,41,46)(H,42,47)(H,43,48,55)/t22-,24-,25+,28-,29-,30+,31+,32-,33-,34+,35-,36-,37-,38+,39+/m1/s1. The lowest BCUT2D eigenvalue weighted by molar-refractivity contribution is -0.346. The zero-order valence-corrected chi connectivity index (χ0v) is 34.6. The molecule has 59 heavy (non-hydrogen) atoms. The zero-order chi connectivity index (χ0) is 43.4. The number of hydrogen-bond donors (Lipinski definition) is 10. The zero-order valence-electron chi connectivity index (χ0n) is 34.6. The van der Waals surface area contributed by atoms with Crippen LogP contribution in [0.15, 0.2) is 21.9 Å². The summed E-state index contributed by atoms with van der Waals surface area (Å²) in [6.45, 7) is 6.53. The van der Waals surface area contributed by atoms with E-state index in [1.54, 1.807) is 6.92 Å². The Labute approximate surface area is 344 Å². The van der Waals surface area contributed by atoms with Crippen LogP contribution in [0.3, 0.4) is 0 Å². The number of ether oxygens (including phenoxy) is 4. The third kappa shape index (κ3) is 13.6. The van der Waals surface area contributed by atoms with E-state index in [1.165, 1.54) is 38.5 Å². The summed E-state index contributed by atoms with van der Waals surface area (Å²) in [5.41, 5.74) is -1.54. The second-order valence-corrected chi connectivity index (χ2v) is 16.9. The van der Waals surface area contributed by atoms with Gasteiger partial charge in [-0.1, -0.05) is 85.0 Å². The third-order valence-corrected chi connectivity index (χ3v) is 11.5. The molecule has 0 aliphatic carbocycles. The van der Waals surface area contributed by atoms with Gasteiger partial charge in [-0.3, -0.25) is 23.9 Å². The lowest BCUT2D eigenvalue weighted by Gasteiger charge is -2.47. The molecule has 2 amide bonds. The van der Waals surface area contributed by atoms with Crippen molar-refractivity contribution in [2.45, 2.75) is 197 Å². The summed E-state index contributed by atoms with van der Waals surface area (Å²) in [6, 6.07) is -1.75. The van der Waals surface area contributed by atoms with Gasteiger partial charge in [0.15, 0.2) is 18.8 Å². The first-order valence-corrected chi connectivity index (χ1v) is 21.2. The van der Waals surface area contributed by atoms with Crippen molar-refractivity contribution in [3.05, 3.63) is 33.1 Å². The number of H-pyrrole nitrogens is 1. The number of aliphatic hydroxyl groups excluding tert-OH is 7. The first-order valence-electron chi connectivity index (χ1n) is 21.2. The van der Waals surface area contributed by atoms with Crippen molar-refractivity contribution in [3.8, 4) is 0 Å². The monoisotopic (exact) mass is 844 g/mol. The van der Waals surface area contributed by atoms with E-state index in [9.17, 15) is 54.9 Å². The summed E-state index contributed by atoms with van der Waals surface area (Å²) >= 11 is 0. The molecule has 0 saturated carbocycles. The van der Waals surface area contributed by atoms with Gasteiger partial charge >= 0.3 is 5.69 Å². The average Bonchev–Trinajstić information content (AvgIpc) is 3.47. The van der Waals surface area contributed by atoms with E-state index in [0.717, 1.165) is 55.4 Å². The number of amides is 2. The molecule has 19 nitrogen and oxygen atoms in total. The van der Waals surface area contributed by atoms with Gasteiger partial charge in [-0.15, -0.1) is 0 Å². The molecule has 4 rings (SSSR count). The van der Waals surface area contributed by atoms with Crippen LogP contribution in [-0.2, 0) is 28.5 Å². The van der Waals surface area contributed by atoms with E-state index in [0.29, 0.717) is 6.42 Å². The average molecular weight is 845 g/mol. The molecule has 1 aromatic heterocycles. The fraction of sp³-hybridized carbons (Fsp3) is 0.850. The van der Waals surface area contributed by atoms with Crippen molar-refractivity contribution < 1.29 is 64.3 Å². The van der Waals surface area contributed by atoms with E-state index in [-0.39, 0.29) is 12.8 Å². The third-order valence-electron chi connectivity index (χ3n) is 11.5. The Balaban J connectivity index is 1.42. The number of rotatable bonds is 22. The van der Waals surface area contributed by atoms with E-state index < -0.39 is 121 Å². The highest BCUT2D eigenvalue weighted by Gasteiger charge is 2.53. The Hall–Kier alpha value is -2.82. The van der Waals surface area contributed by atoms with Gasteiger partial charge in [0.05, 0.1) is 18.8 Å². The van der Waals surface area contributed by atoms with Gasteiger partial charge in [0.25, 0.3) is 5.56 Å². The van der Waals surface area contributed by atoms with Crippen LogP contribution in [0.25, 0.3) is 0 Å². The summed E-state index contributed by atoms with van der Waals surface area (Å²) in [5, 5.41) is 81.0. The van der Waals surface area contributed by atoms with E-state index >= 15 is 0 Å². The lowest BCUT2D eigenvalue weighted by Crippen LogP contribution is -2.68. The predicted octanol–water partition coefficient (Wildman–Crippen LogP) is -0.589. The van der Waals surface area contributed by atoms with E-state index in [2.05, 4.69) is 29.5 Å². The van der Waals surface area contributed by atoms with Gasteiger partial charge in [-0.05, 0) is 24.7 Å². The topological polar surface area (TPSA) is 292 Å². The van der Waals surface area contributed by atoms with Gasteiger partial charge in [0.1, 0.15) is 54.8 Å². The van der Waals surface area contributed by atoms with Crippen LogP contribution < -0.4 is 21.9 Å². The molecule has 3 fully saturated rings. The van der Waals surface area contributed by atoms with Crippen LogP contribution >= 0.6 is 0 Å². The van der Waals surface area contributed by atoms with Crippen LogP contribution in [-0.4, -0.2) is 143 Å². The second-order valence-electron chi connectivity index (χ2n) is 16.9. The van der Waals surface area contributed by atoms with E-state index in [1.807, 2.05) is 0 Å². The van der Waals surface area contributed by atoms with Gasteiger partial charge in [0, 0.05) is 25.6 Å². The molecule has 1 aromatic rings. The molecule has 338 valence electrons. The predicted molar refractivity (Wildman–Crippen MR) is 210 cm³/mol. The Kier molecular flexibility index (Phi) is 19.4. The number of nitrogens with zero attached hydrogens (tertiary/aromatic N) is 1. The van der Waals surface area contributed by atoms with Crippen molar-refractivity contribution in [2.24, 2.45) is 11.8 Å². The first kappa shape index (κ1) is 48.8. The number of carbonyl (C=O) groups excluding carboxylic acids is 2. The number of aliphatic hydroxyl groups is 7. The van der Waals surface area contributed by atoms with Crippen molar-refractivity contribution in [2.75, 3.05) is 6.61 Å². The highest BCUT2D eigenvalue weighted by molar-refractivity contribution is 5.76. The molecule has 0 unspecified atom stereocenters. The molecule has 3 saturated heterocycles. The number of hydrogen-bond acceptors (Lipinski definition) is 15. The molecule has 3 aliphatic heterocycles. The molecule has 0 radical (unpaired) electrons. The van der Waals surface area contributed by atoms with Gasteiger partial charge in [-0.2, -0.15) is 0 Å². The summed E-state index contributed by atoms with van der Waals surface area (Å²) < 4.78 is 24.8. The lowest BCUT2D eigenvalue weighted by atomic mass is 9.87. The Morgan fingerprint density at radius 1 is 0.746 bits per heavy atom. The molecule has 15 atom stereocenters. The van der Waals surface area contributed by atoms with E-state index in [4.69, 9.17) is 18.9 Å². The van der Waals surface area contributed by atoms with Crippen LogP contribution in [0, 0.1) is 11.8 Å². The summed E-state index contributed by atoms with van der Waals surface area (Å²) in [6.07, 6.45) is -5.00. The number of carbonyl (C=O) groups is 2. The van der Waals surface area contributed by atoms with Crippen molar-refractivity contribution in [1.29, 1.82) is 0 Å². The fourth-order valence-electron chi connectivity index (χ4n) is 8.14. The van der Waals surface area contributed by atoms with Gasteiger partial charge < -0.3 is 65.3 Å². The minimum absolute atomic E-state index is 0.104. The number of aromatic amines is 1. The molecule has 0 aromatic carbocycles. The maximum absolute atomic E-state index is 13.3. The minimum atomic E-state index is -1.71. The maximum Gasteiger partial charge on any atom is 0.330 e.